The van der Waals surface area contributed by atoms with Crippen LogP contribution in [0.3, 0.4) is 0 Å². The van der Waals surface area contributed by atoms with E-state index < -0.39 is 24.5 Å². The molecule has 0 aliphatic rings. The molecule has 3 aromatic rings. The van der Waals surface area contributed by atoms with Gasteiger partial charge in [0.1, 0.15) is 11.6 Å². The van der Waals surface area contributed by atoms with Crippen molar-refractivity contribution in [2.75, 3.05) is 19.0 Å². The first-order chi connectivity index (χ1) is 13.5. The number of benzene rings is 1. The van der Waals surface area contributed by atoms with Crippen LogP contribution in [-0.2, 0) is 9.53 Å². The molecular weight excluding hydrogens is 366 g/mol. The highest BCUT2D eigenvalue weighted by atomic mass is 16.5. The molecule has 0 bridgehead atoms. The number of nitrogens with zero attached hydrogens (tertiary/aromatic N) is 3. The Hall–Kier alpha value is -3.95. The Bertz CT molecular complexity index is 1030. The number of amides is 3. The summed E-state index contributed by atoms with van der Waals surface area (Å²) in [5.41, 5.74) is 1.29. The maximum Gasteiger partial charge on any atom is 0.340 e. The third-order valence-corrected chi connectivity index (χ3v) is 3.74. The van der Waals surface area contributed by atoms with Gasteiger partial charge >= 0.3 is 12.0 Å². The molecule has 0 unspecified atom stereocenters. The molecule has 3 amide bonds. The summed E-state index contributed by atoms with van der Waals surface area (Å²) in [5.74, 6) is -0.229. The largest absolute Gasteiger partial charge is 0.497 e. The van der Waals surface area contributed by atoms with Crippen LogP contribution >= 0.6 is 0 Å². The van der Waals surface area contributed by atoms with E-state index >= 15 is 0 Å². The molecular formula is C18H17N5O5. The van der Waals surface area contributed by atoms with Crippen LogP contribution in [0.1, 0.15) is 16.2 Å². The lowest BCUT2D eigenvalue weighted by atomic mass is 10.3. The number of anilines is 1. The number of imide groups is 1. The minimum atomic E-state index is -0.763. The van der Waals surface area contributed by atoms with E-state index in [1.807, 2.05) is 0 Å². The third kappa shape index (κ3) is 4.41. The Balaban J connectivity index is 1.50. The summed E-state index contributed by atoms with van der Waals surface area (Å²) in [5, 5.41) is 12.4. The predicted octanol–water partition coefficient (Wildman–Crippen LogP) is 1.55. The fourth-order valence-corrected chi connectivity index (χ4v) is 2.34. The predicted molar refractivity (Wildman–Crippen MR) is 98.2 cm³/mol. The molecule has 0 spiro atoms. The van der Waals surface area contributed by atoms with Gasteiger partial charge in [0.2, 0.25) is 0 Å². The number of methoxy groups -OCH3 is 1. The number of fused-ring (bicyclic) bond motifs is 1. The van der Waals surface area contributed by atoms with Crippen molar-refractivity contribution >= 4 is 29.2 Å². The van der Waals surface area contributed by atoms with Crippen molar-refractivity contribution in [2.45, 2.75) is 6.92 Å². The van der Waals surface area contributed by atoms with Gasteiger partial charge in [-0.05, 0) is 43.3 Å². The molecule has 10 heteroatoms. The topological polar surface area (TPSA) is 124 Å². The molecule has 144 valence electrons. The SMILES string of the molecule is COc1ccc(NC(=O)NC(=O)COC(=O)c2ccc3nnc(C)n3c2)cc1. The van der Waals surface area contributed by atoms with Crippen LogP contribution in [0.4, 0.5) is 10.5 Å². The van der Waals surface area contributed by atoms with Crippen LogP contribution in [0.2, 0.25) is 0 Å². The number of hydrogen-bond donors (Lipinski definition) is 2. The van der Waals surface area contributed by atoms with Crippen molar-refractivity contribution in [3.63, 3.8) is 0 Å². The van der Waals surface area contributed by atoms with Crippen molar-refractivity contribution in [3.8, 4) is 5.75 Å². The number of aromatic nitrogens is 3. The average molecular weight is 383 g/mol. The highest BCUT2D eigenvalue weighted by Gasteiger charge is 2.14. The zero-order valence-electron chi connectivity index (χ0n) is 15.1. The first-order valence-electron chi connectivity index (χ1n) is 8.19. The number of esters is 1. The van der Waals surface area contributed by atoms with Crippen LogP contribution in [0, 0.1) is 6.92 Å². The molecule has 2 N–H and O–H groups in total. The molecule has 1 aromatic carbocycles. The maximum atomic E-state index is 12.1. The standard InChI is InChI=1S/C18H17N5O5/c1-11-21-22-15-8-3-12(9-23(11)15)17(25)28-10-16(24)20-18(26)19-13-4-6-14(27-2)7-5-13/h3-9H,10H2,1-2H3,(H2,19,20,24,26). The first-order valence-corrected chi connectivity index (χ1v) is 8.19. The number of carbonyl (C=O) groups excluding carboxylic acids is 3. The monoisotopic (exact) mass is 383 g/mol. The van der Waals surface area contributed by atoms with Crippen molar-refractivity contribution < 1.29 is 23.9 Å². The van der Waals surface area contributed by atoms with E-state index in [0.717, 1.165) is 0 Å². The summed E-state index contributed by atoms with van der Waals surface area (Å²) >= 11 is 0. The number of aryl methyl sites for hydroxylation is 1. The molecule has 0 fully saturated rings. The van der Waals surface area contributed by atoms with Gasteiger partial charge in [-0.2, -0.15) is 0 Å². The van der Waals surface area contributed by atoms with Crippen LogP contribution < -0.4 is 15.4 Å². The smallest absolute Gasteiger partial charge is 0.340 e. The number of ether oxygens (including phenoxy) is 2. The third-order valence-electron chi connectivity index (χ3n) is 3.74. The number of rotatable bonds is 5. The van der Waals surface area contributed by atoms with Crippen molar-refractivity contribution in [3.05, 3.63) is 54.0 Å². The van der Waals surface area contributed by atoms with Crippen molar-refractivity contribution in [1.82, 2.24) is 19.9 Å². The summed E-state index contributed by atoms with van der Waals surface area (Å²) in [6, 6.07) is 8.94. The summed E-state index contributed by atoms with van der Waals surface area (Å²) in [7, 11) is 1.53. The summed E-state index contributed by atoms with van der Waals surface area (Å²) < 4.78 is 11.6. The number of nitrogens with one attached hydrogen (secondary N) is 2. The van der Waals surface area contributed by atoms with Crippen LogP contribution in [0.15, 0.2) is 42.6 Å². The maximum absolute atomic E-state index is 12.1. The molecule has 0 saturated heterocycles. The normalized spacial score (nSPS) is 10.4. The fraction of sp³-hybridized carbons (Fsp3) is 0.167. The van der Waals surface area contributed by atoms with Gasteiger partial charge in [0.25, 0.3) is 5.91 Å². The Morgan fingerprint density at radius 2 is 1.82 bits per heavy atom. The number of urea groups is 1. The van der Waals surface area contributed by atoms with E-state index in [2.05, 4.69) is 20.8 Å². The molecule has 2 heterocycles. The molecule has 2 aromatic heterocycles. The fourth-order valence-electron chi connectivity index (χ4n) is 2.34. The lowest BCUT2D eigenvalue weighted by Gasteiger charge is -2.08. The van der Waals surface area contributed by atoms with E-state index in [9.17, 15) is 14.4 Å². The Morgan fingerprint density at radius 1 is 1.07 bits per heavy atom. The number of carbonyl (C=O) groups is 3. The molecule has 0 aliphatic heterocycles. The minimum absolute atomic E-state index is 0.228. The van der Waals surface area contributed by atoms with Crippen LogP contribution in [-0.4, -0.2) is 46.2 Å². The van der Waals surface area contributed by atoms with E-state index in [1.165, 1.54) is 19.4 Å². The first kappa shape index (κ1) is 18.8. The Morgan fingerprint density at radius 3 is 2.54 bits per heavy atom. The van der Waals surface area contributed by atoms with Crippen LogP contribution in [0.5, 0.6) is 5.75 Å². The summed E-state index contributed by atoms with van der Waals surface area (Å²) in [4.78, 5) is 35.7. The number of hydrogen-bond acceptors (Lipinski definition) is 7. The minimum Gasteiger partial charge on any atom is -0.497 e. The molecule has 28 heavy (non-hydrogen) atoms. The van der Waals surface area contributed by atoms with Gasteiger partial charge in [-0.25, -0.2) is 9.59 Å². The molecule has 0 radical (unpaired) electrons. The summed E-state index contributed by atoms with van der Waals surface area (Å²) in [6.07, 6.45) is 1.52. The molecule has 0 saturated carbocycles. The second-order valence-electron chi connectivity index (χ2n) is 5.70. The van der Waals surface area contributed by atoms with Gasteiger partial charge in [0.15, 0.2) is 12.3 Å². The van der Waals surface area contributed by atoms with Gasteiger partial charge in [0.05, 0.1) is 12.7 Å². The van der Waals surface area contributed by atoms with E-state index in [0.29, 0.717) is 22.9 Å². The van der Waals surface area contributed by atoms with Gasteiger partial charge in [0, 0.05) is 11.9 Å². The highest BCUT2D eigenvalue weighted by Crippen LogP contribution is 2.14. The van der Waals surface area contributed by atoms with Gasteiger partial charge in [-0.3, -0.25) is 14.5 Å². The lowest BCUT2D eigenvalue weighted by molar-refractivity contribution is -0.123. The van der Waals surface area contributed by atoms with Crippen molar-refractivity contribution in [2.24, 2.45) is 0 Å². The second-order valence-corrected chi connectivity index (χ2v) is 5.70. The molecule has 0 aliphatic carbocycles. The van der Waals surface area contributed by atoms with Gasteiger partial charge < -0.3 is 14.8 Å². The van der Waals surface area contributed by atoms with Gasteiger partial charge in [-0.15, -0.1) is 10.2 Å². The zero-order chi connectivity index (χ0) is 20.1. The molecule has 10 nitrogen and oxygen atoms in total. The quantitative estimate of drug-likeness (QED) is 0.641. The van der Waals surface area contributed by atoms with E-state index in [4.69, 9.17) is 9.47 Å². The zero-order valence-corrected chi connectivity index (χ0v) is 15.1. The van der Waals surface area contributed by atoms with Gasteiger partial charge in [-0.1, -0.05) is 0 Å². The molecule has 3 rings (SSSR count). The second kappa shape index (κ2) is 8.16. The van der Waals surface area contributed by atoms with E-state index in [-0.39, 0.29) is 5.56 Å². The highest BCUT2D eigenvalue weighted by molar-refractivity contribution is 6.02. The Kier molecular flexibility index (Phi) is 5.49. The van der Waals surface area contributed by atoms with E-state index in [1.54, 1.807) is 41.7 Å². The average Bonchev–Trinajstić information content (AvgIpc) is 3.07. The molecule has 0 atom stereocenters. The Labute approximate surface area is 159 Å². The summed E-state index contributed by atoms with van der Waals surface area (Å²) in [6.45, 7) is 1.14. The lowest BCUT2D eigenvalue weighted by Crippen LogP contribution is -2.37. The number of pyridine rings is 1. The van der Waals surface area contributed by atoms with Crippen LogP contribution in [0.25, 0.3) is 5.65 Å². The van der Waals surface area contributed by atoms with Crippen molar-refractivity contribution in [1.29, 1.82) is 0 Å².